The van der Waals surface area contributed by atoms with E-state index in [0.29, 0.717) is 0 Å². The molecule has 0 spiro atoms. The Kier molecular flexibility index (Phi) is 10.6. The average Bonchev–Trinajstić information content (AvgIpc) is 3.57. The summed E-state index contributed by atoms with van der Waals surface area (Å²) in [5.74, 6) is 0. The standard InChI is InChI=1S/C21H21Si.C13H10.2ClH.Zr/c1-22(2,3)17-13-19(15-8-4-5-9-15)20-12-16-10-6-7-11-18(16)21(20)14-17;1-3-7-12(8-4-1)11-13-9-5-2-6-10-13;;;/h4-8,10-14H,9H2,1-3H3;1-10H;2*1H;/q-1;;;;+2/p-2. The van der Waals surface area contributed by atoms with Gasteiger partial charge in [-0.05, 0) is 6.42 Å². The first-order chi connectivity index (χ1) is 17.4. The zero-order valence-corrected chi connectivity index (χ0v) is 27.0. The molecule has 1 aliphatic carbocycles. The molecule has 4 heteroatoms. The molecule has 0 fully saturated rings. The molecule has 38 heavy (non-hydrogen) atoms. The second-order valence-electron chi connectivity index (χ2n) is 10.4. The normalized spacial score (nSPS) is 12.3. The van der Waals surface area contributed by atoms with Crippen molar-refractivity contribution in [3.63, 3.8) is 0 Å². The van der Waals surface area contributed by atoms with Crippen molar-refractivity contribution in [3.05, 3.63) is 138 Å². The van der Waals surface area contributed by atoms with Gasteiger partial charge >= 0.3 is 99.2 Å². The van der Waals surface area contributed by atoms with Crippen LogP contribution in [0, 0.1) is 0 Å². The summed E-state index contributed by atoms with van der Waals surface area (Å²) in [6.45, 7) is 7.30. The van der Waals surface area contributed by atoms with Crippen LogP contribution in [0.25, 0.3) is 27.1 Å². The summed E-state index contributed by atoms with van der Waals surface area (Å²) in [6, 6.07) is 37.2. The summed E-state index contributed by atoms with van der Waals surface area (Å²) < 4.78 is 1.42. The number of hydrogen-bond acceptors (Lipinski definition) is 0. The summed E-state index contributed by atoms with van der Waals surface area (Å²) in [4.78, 5) is 0. The number of fused-ring (bicyclic) bond motifs is 3. The van der Waals surface area contributed by atoms with Crippen molar-refractivity contribution in [2.75, 3.05) is 0 Å². The van der Waals surface area contributed by atoms with E-state index in [1.54, 1.807) is 5.19 Å². The molecule has 0 nitrogen and oxygen atoms in total. The van der Waals surface area contributed by atoms with Gasteiger partial charge in [-0.25, -0.2) is 0 Å². The van der Waals surface area contributed by atoms with Crippen molar-refractivity contribution < 1.29 is 49.0 Å². The molecule has 1 aliphatic rings. The first kappa shape index (κ1) is 30.3. The fourth-order valence-corrected chi connectivity index (χ4v) is 6.75. The summed E-state index contributed by atoms with van der Waals surface area (Å²) in [5.41, 5.74) is 5.56. The SMILES string of the molecule is C[Si](C)(C)c1cc(C2=CC=CC2)c2[cH-]c3ccccc3c2c1.[Cl-].[Cl-].[Zr+2]=[C](c1ccccc1)c1ccccc1. The number of benzene rings is 4. The Morgan fingerprint density at radius 1 is 0.737 bits per heavy atom. The predicted octanol–water partition coefficient (Wildman–Crippen LogP) is 2.41. The summed E-state index contributed by atoms with van der Waals surface area (Å²) in [7, 11) is -1.34. The molecule has 0 atom stereocenters. The van der Waals surface area contributed by atoms with Crippen molar-refractivity contribution in [2.24, 2.45) is 0 Å². The quantitative estimate of drug-likeness (QED) is 0.212. The molecule has 0 bridgehead atoms. The fraction of sp³-hybridized carbons (Fsp3) is 0.118. The van der Waals surface area contributed by atoms with E-state index in [9.17, 15) is 0 Å². The van der Waals surface area contributed by atoms with Crippen LogP contribution in [-0.4, -0.2) is 11.3 Å². The molecule has 0 heterocycles. The van der Waals surface area contributed by atoms with Crippen molar-refractivity contribution in [1.29, 1.82) is 0 Å². The van der Waals surface area contributed by atoms with Gasteiger partial charge in [0.05, 0.1) is 8.07 Å². The van der Waals surface area contributed by atoms with E-state index in [4.69, 9.17) is 0 Å². The van der Waals surface area contributed by atoms with Crippen LogP contribution in [0.15, 0.2) is 121 Å². The molecule has 0 radical (unpaired) electrons. The van der Waals surface area contributed by atoms with Gasteiger partial charge in [-0.3, -0.25) is 0 Å². The molecular formula is C34H31Cl2SiZr-. The molecule has 5 aromatic rings. The van der Waals surface area contributed by atoms with Gasteiger partial charge in [0.1, 0.15) is 0 Å². The molecule has 0 unspecified atom stereocenters. The van der Waals surface area contributed by atoms with Crippen LogP contribution in [0.2, 0.25) is 19.6 Å². The van der Waals surface area contributed by atoms with E-state index < -0.39 is 8.07 Å². The minimum absolute atomic E-state index is 0. The Hall–Kier alpha value is -2.22. The zero-order chi connectivity index (χ0) is 25.1. The molecule has 6 rings (SSSR count). The molecule has 5 aromatic carbocycles. The summed E-state index contributed by atoms with van der Waals surface area (Å²) in [6.07, 6.45) is 7.78. The van der Waals surface area contributed by atoms with Crippen LogP contribution in [0.4, 0.5) is 0 Å². The molecule has 0 aromatic heterocycles. The van der Waals surface area contributed by atoms with Crippen LogP contribution in [0.1, 0.15) is 23.1 Å². The van der Waals surface area contributed by atoms with Crippen molar-refractivity contribution >= 4 is 43.6 Å². The average molecular weight is 630 g/mol. The topological polar surface area (TPSA) is 0 Å². The fourth-order valence-electron chi connectivity index (χ4n) is 4.78. The van der Waals surface area contributed by atoms with Crippen molar-refractivity contribution in [1.82, 2.24) is 0 Å². The molecule has 0 amide bonds. The summed E-state index contributed by atoms with van der Waals surface area (Å²) in [5, 5.41) is 7.15. The van der Waals surface area contributed by atoms with Gasteiger partial charge < -0.3 is 24.8 Å². The molecule has 0 aliphatic heterocycles. The van der Waals surface area contributed by atoms with E-state index in [1.165, 1.54) is 71.2 Å². The zero-order valence-electron chi connectivity index (χ0n) is 22.0. The van der Waals surface area contributed by atoms with E-state index in [2.05, 4.69) is 141 Å². The maximum absolute atomic E-state index is 2.46. The van der Waals surface area contributed by atoms with E-state index in [-0.39, 0.29) is 24.8 Å². The first-order valence-corrected chi connectivity index (χ1v) is 17.3. The van der Waals surface area contributed by atoms with Crippen LogP contribution >= 0.6 is 0 Å². The number of halogens is 2. The van der Waals surface area contributed by atoms with Crippen LogP contribution in [0.3, 0.4) is 0 Å². The monoisotopic (exact) mass is 627 g/mol. The Balaban J connectivity index is 0.000000219. The Morgan fingerprint density at radius 3 is 1.87 bits per heavy atom. The molecule has 0 N–H and O–H groups in total. The third-order valence-electron chi connectivity index (χ3n) is 6.84. The van der Waals surface area contributed by atoms with Gasteiger partial charge in [-0.2, -0.15) is 0 Å². The Morgan fingerprint density at radius 2 is 1.32 bits per heavy atom. The molecule has 0 saturated carbocycles. The summed E-state index contributed by atoms with van der Waals surface area (Å²) >= 11 is 1.46. The minimum atomic E-state index is -1.34. The third-order valence-corrected chi connectivity index (χ3v) is 10.3. The number of rotatable bonds is 4. The molecule has 0 saturated heterocycles. The Labute approximate surface area is 255 Å². The maximum atomic E-state index is 2.46. The van der Waals surface area contributed by atoms with E-state index >= 15 is 0 Å². The Bertz CT molecular complexity index is 1550. The van der Waals surface area contributed by atoms with E-state index in [1.807, 2.05) is 0 Å². The molecule has 190 valence electrons. The second-order valence-corrected chi connectivity index (χ2v) is 16.7. The third kappa shape index (κ3) is 6.67. The second kappa shape index (κ2) is 13.2. The van der Waals surface area contributed by atoms with Gasteiger partial charge in [0.2, 0.25) is 0 Å². The van der Waals surface area contributed by atoms with Crippen LogP contribution in [0.5, 0.6) is 0 Å². The molecular weight excluding hydrogens is 599 g/mol. The number of hydrogen-bond donors (Lipinski definition) is 0. The van der Waals surface area contributed by atoms with Gasteiger partial charge in [0.15, 0.2) is 0 Å². The van der Waals surface area contributed by atoms with Gasteiger partial charge in [0.25, 0.3) is 0 Å². The van der Waals surface area contributed by atoms with Gasteiger partial charge in [0, 0.05) is 0 Å². The van der Waals surface area contributed by atoms with Crippen LogP contribution < -0.4 is 30.0 Å². The van der Waals surface area contributed by atoms with Gasteiger partial charge in [-0.1, -0.05) is 84.5 Å². The van der Waals surface area contributed by atoms with Crippen LogP contribution in [-0.2, 0) is 24.2 Å². The van der Waals surface area contributed by atoms with Crippen molar-refractivity contribution in [2.45, 2.75) is 26.1 Å². The predicted molar refractivity (Wildman–Crippen MR) is 158 cm³/mol. The van der Waals surface area contributed by atoms with E-state index in [0.717, 1.165) is 6.42 Å². The van der Waals surface area contributed by atoms with Crippen molar-refractivity contribution in [3.8, 4) is 0 Å². The number of allylic oxidation sites excluding steroid dienone is 4. The first-order valence-electron chi connectivity index (χ1n) is 12.6. The van der Waals surface area contributed by atoms with Gasteiger partial charge in [-0.15, -0.1) is 33.7 Å².